The van der Waals surface area contributed by atoms with E-state index < -0.39 is 27.0 Å². The molecule has 0 radical (unpaired) electrons. The van der Waals surface area contributed by atoms with Gasteiger partial charge in [0, 0.05) is 0 Å². The smallest absolute Gasteiger partial charge is 0.404 e. The molecule has 0 unspecified atom stereocenters. The number of para-hydroxylation sites is 1. The van der Waals surface area contributed by atoms with E-state index in [-0.39, 0.29) is 21.4 Å². The van der Waals surface area contributed by atoms with Crippen LogP contribution < -0.4 is 15.2 Å². The van der Waals surface area contributed by atoms with Crippen LogP contribution in [0.15, 0.2) is 41.3 Å². The Morgan fingerprint density at radius 2 is 1.62 bits per heavy atom. The van der Waals surface area contributed by atoms with E-state index in [0.29, 0.717) is 0 Å². The van der Waals surface area contributed by atoms with Gasteiger partial charge in [0.15, 0.2) is 0 Å². The van der Waals surface area contributed by atoms with Crippen molar-refractivity contribution in [3.63, 3.8) is 0 Å². The van der Waals surface area contributed by atoms with Crippen LogP contribution in [0.25, 0.3) is 0 Å². The molecule has 0 fully saturated rings. The normalized spacial score (nSPS) is 12.0. The number of rotatable bonds is 4. The lowest BCUT2D eigenvalue weighted by molar-refractivity contribution is -0.275. The van der Waals surface area contributed by atoms with Gasteiger partial charge in [0.2, 0.25) is 0 Å². The molecule has 0 amide bonds. The van der Waals surface area contributed by atoms with Crippen LogP contribution in [0.1, 0.15) is 0 Å². The van der Waals surface area contributed by atoms with E-state index in [9.17, 15) is 21.6 Å². The predicted molar refractivity (Wildman–Crippen MR) is 84.8 cm³/mol. The number of ether oxygens (including phenoxy) is 1. The Labute approximate surface area is 145 Å². The lowest BCUT2D eigenvalue weighted by Crippen LogP contribution is -2.20. The number of alkyl halides is 3. The summed E-state index contributed by atoms with van der Waals surface area (Å²) in [6.45, 7) is 0. The van der Waals surface area contributed by atoms with Gasteiger partial charge in [-0.3, -0.25) is 4.72 Å². The second kappa shape index (κ2) is 6.58. The number of hydrogen-bond acceptors (Lipinski definition) is 4. The summed E-state index contributed by atoms with van der Waals surface area (Å²) in [7, 11) is -4.40. The highest BCUT2D eigenvalue weighted by molar-refractivity contribution is 7.92. The molecule has 24 heavy (non-hydrogen) atoms. The molecule has 5 nitrogen and oxygen atoms in total. The second-order valence-electron chi connectivity index (χ2n) is 4.45. The van der Waals surface area contributed by atoms with Crippen molar-refractivity contribution in [3.8, 4) is 5.75 Å². The predicted octanol–water partition coefficient (Wildman–Crippen LogP) is 4.28. The molecular formula is C13H9Cl2F3N2O3S. The Bertz CT molecular complexity index is 850. The van der Waals surface area contributed by atoms with E-state index in [2.05, 4.69) is 9.46 Å². The van der Waals surface area contributed by atoms with Crippen LogP contribution in [-0.4, -0.2) is 14.8 Å². The zero-order valence-electron chi connectivity index (χ0n) is 11.6. The van der Waals surface area contributed by atoms with E-state index in [0.717, 1.165) is 12.1 Å². The molecule has 0 heterocycles. The Hall–Kier alpha value is -1.84. The van der Waals surface area contributed by atoms with Gasteiger partial charge >= 0.3 is 6.36 Å². The van der Waals surface area contributed by atoms with Gasteiger partial charge in [-0.05, 0) is 24.3 Å². The summed E-state index contributed by atoms with van der Waals surface area (Å²) in [5.74, 6) is -0.870. The molecule has 0 aliphatic carbocycles. The van der Waals surface area contributed by atoms with Crippen molar-refractivity contribution in [1.29, 1.82) is 0 Å². The summed E-state index contributed by atoms with van der Waals surface area (Å²) in [5.41, 5.74) is 5.51. The molecule has 2 aromatic carbocycles. The maximum atomic E-state index is 12.4. The van der Waals surface area contributed by atoms with Crippen LogP contribution in [0.3, 0.4) is 0 Å². The fourth-order valence-electron chi connectivity index (χ4n) is 1.73. The minimum Gasteiger partial charge on any atom is -0.404 e. The summed E-state index contributed by atoms with van der Waals surface area (Å²) in [6, 6.07) is 6.65. The van der Waals surface area contributed by atoms with Crippen LogP contribution >= 0.6 is 23.2 Å². The number of benzene rings is 2. The molecule has 0 atom stereocenters. The topological polar surface area (TPSA) is 81.4 Å². The second-order valence-corrected chi connectivity index (χ2v) is 6.92. The van der Waals surface area contributed by atoms with Gasteiger partial charge in [0.1, 0.15) is 10.6 Å². The highest BCUT2D eigenvalue weighted by atomic mass is 35.5. The van der Waals surface area contributed by atoms with Crippen molar-refractivity contribution >= 4 is 44.6 Å². The van der Waals surface area contributed by atoms with Crippen LogP contribution in [-0.2, 0) is 10.0 Å². The molecule has 11 heteroatoms. The van der Waals surface area contributed by atoms with Crippen LogP contribution in [0.5, 0.6) is 5.75 Å². The summed E-state index contributed by atoms with van der Waals surface area (Å²) < 4.78 is 67.7. The number of nitrogen functional groups attached to an aromatic ring is 1. The molecule has 0 spiro atoms. The molecule has 2 aromatic rings. The van der Waals surface area contributed by atoms with Gasteiger partial charge in [-0.2, -0.15) is 0 Å². The van der Waals surface area contributed by atoms with Crippen LogP contribution in [0, 0.1) is 0 Å². The number of halogens is 5. The lowest BCUT2D eigenvalue weighted by atomic mass is 10.3. The van der Waals surface area contributed by atoms with Gasteiger partial charge in [0.05, 0.1) is 21.4 Å². The third-order valence-corrected chi connectivity index (χ3v) is 4.74. The average molecular weight is 401 g/mol. The van der Waals surface area contributed by atoms with Crippen LogP contribution in [0.4, 0.5) is 24.5 Å². The first kappa shape index (κ1) is 18.5. The summed E-state index contributed by atoms with van der Waals surface area (Å²) in [5, 5.41) is -0.0277. The van der Waals surface area contributed by atoms with Crippen molar-refractivity contribution in [2.75, 3.05) is 10.5 Å². The van der Waals surface area contributed by atoms with E-state index in [4.69, 9.17) is 28.9 Å². The molecule has 2 rings (SSSR count). The Morgan fingerprint density at radius 1 is 1.08 bits per heavy atom. The Morgan fingerprint density at radius 3 is 2.17 bits per heavy atom. The highest BCUT2D eigenvalue weighted by Crippen LogP contribution is 2.34. The van der Waals surface area contributed by atoms with E-state index in [1.807, 2.05) is 0 Å². The van der Waals surface area contributed by atoms with E-state index in [1.54, 1.807) is 0 Å². The first-order chi connectivity index (χ1) is 11.0. The number of sulfonamides is 1. The molecular weight excluding hydrogens is 392 g/mol. The quantitative estimate of drug-likeness (QED) is 0.750. The Kier molecular flexibility index (Phi) is 5.07. The average Bonchev–Trinajstić information content (AvgIpc) is 2.43. The maximum Gasteiger partial charge on any atom is 0.573 e. The number of nitrogens with one attached hydrogen (secondary N) is 1. The fraction of sp³-hybridized carbons (Fsp3) is 0.0769. The van der Waals surface area contributed by atoms with Crippen molar-refractivity contribution in [2.45, 2.75) is 11.3 Å². The van der Waals surface area contributed by atoms with Gasteiger partial charge < -0.3 is 10.5 Å². The molecule has 3 N–H and O–H groups in total. The molecule has 130 valence electrons. The van der Waals surface area contributed by atoms with Crippen molar-refractivity contribution in [3.05, 3.63) is 46.4 Å². The Balaban J connectivity index is 2.42. The van der Waals surface area contributed by atoms with Crippen molar-refractivity contribution in [1.82, 2.24) is 0 Å². The van der Waals surface area contributed by atoms with Gasteiger partial charge in [-0.1, -0.05) is 35.3 Å². The molecule has 0 saturated carbocycles. The van der Waals surface area contributed by atoms with Crippen LogP contribution in [0.2, 0.25) is 10.0 Å². The standard InChI is InChI=1S/C13H9Cl2F3N2O3S/c14-8-5-7(6-9(15)12(8)19)20-24(21,22)11-4-2-1-3-10(11)23-13(16,17)18/h1-6,20H,19H2. The SMILES string of the molecule is Nc1c(Cl)cc(NS(=O)(=O)c2ccccc2OC(F)(F)F)cc1Cl. The number of hydrogen-bond donors (Lipinski definition) is 2. The summed E-state index contributed by atoms with van der Waals surface area (Å²) in [4.78, 5) is -0.702. The zero-order chi connectivity index (χ0) is 18.1. The third kappa shape index (κ3) is 4.37. The summed E-state index contributed by atoms with van der Waals surface area (Å²) >= 11 is 11.6. The molecule has 0 aliphatic heterocycles. The largest absolute Gasteiger partial charge is 0.573 e. The maximum absolute atomic E-state index is 12.4. The minimum atomic E-state index is -5.04. The number of nitrogens with two attached hydrogens (primary N) is 1. The first-order valence-corrected chi connectivity index (χ1v) is 8.35. The molecule has 0 aromatic heterocycles. The van der Waals surface area contributed by atoms with Crippen molar-refractivity contribution < 1.29 is 26.3 Å². The first-order valence-electron chi connectivity index (χ1n) is 6.12. The van der Waals surface area contributed by atoms with Crippen molar-refractivity contribution in [2.24, 2.45) is 0 Å². The van der Waals surface area contributed by atoms with E-state index >= 15 is 0 Å². The summed E-state index contributed by atoms with van der Waals surface area (Å²) in [6.07, 6.45) is -5.04. The highest BCUT2D eigenvalue weighted by Gasteiger charge is 2.34. The van der Waals surface area contributed by atoms with Gasteiger partial charge in [-0.25, -0.2) is 8.42 Å². The molecule has 0 saturated heterocycles. The van der Waals surface area contributed by atoms with Gasteiger partial charge in [0.25, 0.3) is 10.0 Å². The molecule has 0 bridgehead atoms. The monoisotopic (exact) mass is 400 g/mol. The minimum absolute atomic E-state index is 0.0139. The number of anilines is 2. The third-order valence-electron chi connectivity index (χ3n) is 2.70. The van der Waals surface area contributed by atoms with E-state index in [1.165, 1.54) is 24.3 Å². The fourth-order valence-corrected chi connectivity index (χ4v) is 3.39. The molecule has 0 aliphatic rings. The van der Waals surface area contributed by atoms with Gasteiger partial charge in [-0.15, -0.1) is 13.2 Å². The lowest BCUT2D eigenvalue weighted by Gasteiger charge is -2.15. The zero-order valence-corrected chi connectivity index (χ0v) is 13.9.